The van der Waals surface area contributed by atoms with Crippen LogP contribution >= 0.6 is 0 Å². The standard InChI is InChI=1S/C13H24N2O/c1-10-11(2)15(9-8-14-10)13(16)7-6-12-4-3-5-12/h10-12,14H,3-9H2,1-2H3. The Morgan fingerprint density at radius 3 is 2.75 bits per heavy atom. The normalized spacial score (nSPS) is 31.2. The number of nitrogens with one attached hydrogen (secondary N) is 1. The lowest BCUT2D eigenvalue weighted by atomic mass is 9.82. The minimum Gasteiger partial charge on any atom is -0.337 e. The van der Waals surface area contributed by atoms with E-state index >= 15 is 0 Å². The monoisotopic (exact) mass is 224 g/mol. The van der Waals surface area contributed by atoms with E-state index < -0.39 is 0 Å². The second-order valence-corrected chi connectivity index (χ2v) is 5.41. The van der Waals surface area contributed by atoms with E-state index in [2.05, 4.69) is 24.1 Å². The van der Waals surface area contributed by atoms with Crippen LogP contribution in [0.1, 0.15) is 46.0 Å². The van der Waals surface area contributed by atoms with Gasteiger partial charge in [0, 0.05) is 31.6 Å². The van der Waals surface area contributed by atoms with Gasteiger partial charge in [-0.1, -0.05) is 19.3 Å². The predicted molar refractivity (Wildman–Crippen MR) is 65.2 cm³/mol. The Labute approximate surface area is 98.6 Å². The maximum absolute atomic E-state index is 12.1. The van der Waals surface area contributed by atoms with Crippen LogP contribution in [0.4, 0.5) is 0 Å². The second kappa shape index (κ2) is 5.17. The van der Waals surface area contributed by atoms with Crippen molar-refractivity contribution in [1.82, 2.24) is 10.2 Å². The van der Waals surface area contributed by atoms with Gasteiger partial charge in [0.1, 0.15) is 0 Å². The van der Waals surface area contributed by atoms with E-state index in [-0.39, 0.29) is 0 Å². The summed E-state index contributed by atoms with van der Waals surface area (Å²) in [6, 6.07) is 0.782. The molecule has 0 aromatic heterocycles. The Balaban J connectivity index is 1.78. The molecule has 2 unspecified atom stereocenters. The second-order valence-electron chi connectivity index (χ2n) is 5.41. The molecule has 0 bridgehead atoms. The molecule has 92 valence electrons. The zero-order valence-corrected chi connectivity index (χ0v) is 10.5. The molecule has 1 aliphatic heterocycles. The van der Waals surface area contributed by atoms with Crippen molar-refractivity contribution in [1.29, 1.82) is 0 Å². The SMILES string of the molecule is CC1NCCN(C(=O)CCC2CCC2)C1C. The molecule has 1 saturated heterocycles. The van der Waals surface area contributed by atoms with Crippen molar-refractivity contribution in [2.45, 2.75) is 58.0 Å². The Bertz CT molecular complexity index is 250. The van der Waals surface area contributed by atoms with Crippen molar-refractivity contribution in [3.63, 3.8) is 0 Å². The molecule has 2 atom stereocenters. The number of carbonyl (C=O) groups excluding carboxylic acids is 1. The van der Waals surface area contributed by atoms with Gasteiger partial charge in [-0.3, -0.25) is 4.79 Å². The Hall–Kier alpha value is -0.570. The topological polar surface area (TPSA) is 32.3 Å². The third kappa shape index (κ3) is 2.57. The summed E-state index contributed by atoms with van der Waals surface area (Å²) in [6.45, 7) is 6.14. The zero-order valence-electron chi connectivity index (χ0n) is 10.5. The van der Waals surface area contributed by atoms with Gasteiger partial charge in [0.15, 0.2) is 0 Å². The molecule has 0 radical (unpaired) electrons. The van der Waals surface area contributed by atoms with Crippen molar-refractivity contribution in [3.8, 4) is 0 Å². The summed E-state index contributed by atoms with van der Waals surface area (Å²) < 4.78 is 0. The van der Waals surface area contributed by atoms with Crippen molar-refractivity contribution in [2.75, 3.05) is 13.1 Å². The summed E-state index contributed by atoms with van der Waals surface area (Å²) in [6.07, 6.45) is 5.95. The summed E-state index contributed by atoms with van der Waals surface area (Å²) in [5, 5.41) is 3.41. The molecule has 2 fully saturated rings. The van der Waals surface area contributed by atoms with Gasteiger partial charge in [0.05, 0.1) is 0 Å². The molecule has 2 aliphatic rings. The number of carbonyl (C=O) groups is 1. The van der Waals surface area contributed by atoms with Crippen LogP contribution in [0.2, 0.25) is 0 Å². The average Bonchev–Trinajstić information content (AvgIpc) is 2.19. The van der Waals surface area contributed by atoms with E-state index in [1.165, 1.54) is 19.3 Å². The number of rotatable bonds is 3. The molecule has 1 amide bonds. The molecular formula is C13H24N2O. The van der Waals surface area contributed by atoms with E-state index in [1.54, 1.807) is 0 Å². The summed E-state index contributed by atoms with van der Waals surface area (Å²) in [5.74, 6) is 1.22. The van der Waals surface area contributed by atoms with Gasteiger partial charge < -0.3 is 10.2 Å². The third-order valence-corrected chi connectivity index (χ3v) is 4.35. The van der Waals surface area contributed by atoms with Crippen LogP contribution in [-0.4, -0.2) is 36.0 Å². The van der Waals surface area contributed by atoms with Gasteiger partial charge in [-0.15, -0.1) is 0 Å². The molecule has 0 aromatic carbocycles. The summed E-state index contributed by atoms with van der Waals surface area (Å²) in [7, 11) is 0. The first kappa shape index (κ1) is 11.9. The molecule has 1 N–H and O–H groups in total. The van der Waals surface area contributed by atoms with E-state index in [0.717, 1.165) is 31.8 Å². The number of amides is 1. The third-order valence-electron chi connectivity index (χ3n) is 4.35. The largest absolute Gasteiger partial charge is 0.337 e. The van der Waals surface area contributed by atoms with Gasteiger partial charge in [-0.25, -0.2) is 0 Å². The molecule has 0 spiro atoms. The van der Waals surface area contributed by atoms with Crippen LogP contribution < -0.4 is 5.32 Å². The summed E-state index contributed by atoms with van der Waals surface area (Å²) in [4.78, 5) is 14.2. The lowest BCUT2D eigenvalue weighted by Gasteiger charge is -2.39. The Morgan fingerprint density at radius 1 is 1.38 bits per heavy atom. The summed E-state index contributed by atoms with van der Waals surface area (Å²) >= 11 is 0. The Morgan fingerprint density at radius 2 is 2.12 bits per heavy atom. The Kier molecular flexibility index (Phi) is 3.85. The quantitative estimate of drug-likeness (QED) is 0.792. The van der Waals surface area contributed by atoms with E-state index in [0.29, 0.717) is 18.0 Å². The highest BCUT2D eigenvalue weighted by Gasteiger charge is 2.28. The fourth-order valence-corrected chi connectivity index (χ4v) is 2.66. The van der Waals surface area contributed by atoms with Gasteiger partial charge in [0.2, 0.25) is 5.91 Å². The van der Waals surface area contributed by atoms with Crippen LogP contribution in [0.3, 0.4) is 0 Å². The first-order chi connectivity index (χ1) is 7.68. The highest BCUT2D eigenvalue weighted by molar-refractivity contribution is 5.76. The van der Waals surface area contributed by atoms with Gasteiger partial charge >= 0.3 is 0 Å². The summed E-state index contributed by atoms with van der Waals surface area (Å²) in [5.41, 5.74) is 0. The fraction of sp³-hybridized carbons (Fsp3) is 0.923. The molecule has 1 heterocycles. The van der Waals surface area contributed by atoms with Crippen molar-refractivity contribution in [2.24, 2.45) is 5.92 Å². The maximum atomic E-state index is 12.1. The van der Waals surface area contributed by atoms with Crippen LogP contribution in [0, 0.1) is 5.92 Å². The molecule has 3 nitrogen and oxygen atoms in total. The minimum absolute atomic E-state index is 0.350. The highest BCUT2D eigenvalue weighted by Crippen LogP contribution is 2.30. The smallest absolute Gasteiger partial charge is 0.222 e. The van der Waals surface area contributed by atoms with Gasteiger partial charge in [0.25, 0.3) is 0 Å². The van der Waals surface area contributed by atoms with Crippen molar-refractivity contribution in [3.05, 3.63) is 0 Å². The molecule has 1 saturated carbocycles. The van der Waals surface area contributed by atoms with Gasteiger partial charge in [-0.05, 0) is 26.2 Å². The van der Waals surface area contributed by atoms with Crippen LogP contribution in [0.15, 0.2) is 0 Å². The van der Waals surface area contributed by atoms with Crippen LogP contribution in [-0.2, 0) is 4.79 Å². The van der Waals surface area contributed by atoms with E-state index in [4.69, 9.17) is 0 Å². The molecule has 16 heavy (non-hydrogen) atoms. The first-order valence-corrected chi connectivity index (χ1v) is 6.71. The number of nitrogens with zero attached hydrogens (tertiary/aromatic N) is 1. The zero-order chi connectivity index (χ0) is 11.5. The lowest BCUT2D eigenvalue weighted by molar-refractivity contribution is -0.135. The van der Waals surface area contributed by atoms with Crippen LogP contribution in [0.25, 0.3) is 0 Å². The molecule has 3 heteroatoms. The number of hydrogen-bond donors (Lipinski definition) is 1. The first-order valence-electron chi connectivity index (χ1n) is 6.71. The molecule has 2 rings (SSSR count). The molecule has 1 aliphatic carbocycles. The highest BCUT2D eigenvalue weighted by atomic mass is 16.2. The number of piperazine rings is 1. The van der Waals surface area contributed by atoms with Gasteiger partial charge in [-0.2, -0.15) is 0 Å². The maximum Gasteiger partial charge on any atom is 0.222 e. The van der Waals surface area contributed by atoms with Crippen molar-refractivity contribution < 1.29 is 4.79 Å². The number of hydrogen-bond acceptors (Lipinski definition) is 2. The van der Waals surface area contributed by atoms with E-state index in [9.17, 15) is 4.79 Å². The molecule has 0 aromatic rings. The van der Waals surface area contributed by atoms with Crippen LogP contribution in [0.5, 0.6) is 0 Å². The minimum atomic E-state index is 0.350. The van der Waals surface area contributed by atoms with Crippen molar-refractivity contribution >= 4 is 5.91 Å². The molecular weight excluding hydrogens is 200 g/mol. The fourth-order valence-electron chi connectivity index (χ4n) is 2.66. The lowest BCUT2D eigenvalue weighted by Crippen LogP contribution is -2.57. The van der Waals surface area contributed by atoms with E-state index in [1.807, 2.05) is 0 Å². The average molecular weight is 224 g/mol. The predicted octanol–water partition coefficient (Wildman–Crippen LogP) is 1.78.